The van der Waals surface area contributed by atoms with Crippen molar-refractivity contribution in [2.75, 3.05) is 19.5 Å². The summed E-state index contributed by atoms with van der Waals surface area (Å²) in [6.45, 7) is 0. The van der Waals surface area contributed by atoms with Gasteiger partial charge in [0.1, 0.15) is 0 Å². The average Bonchev–Trinajstić information content (AvgIpc) is 2.99. The van der Waals surface area contributed by atoms with Gasteiger partial charge in [0.25, 0.3) is 5.91 Å². The van der Waals surface area contributed by atoms with Crippen molar-refractivity contribution in [3.8, 4) is 11.5 Å². The number of benzene rings is 1. The quantitative estimate of drug-likeness (QED) is 0.804. The second-order valence-electron chi connectivity index (χ2n) is 4.62. The minimum Gasteiger partial charge on any atom is -0.493 e. The number of aromatic nitrogens is 2. The Morgan fingerprint density at radius 1 is 1.09 bits per heavy atom. The van der Waals surface area contributed by atoms with E-state index in [1.807, 2.05) is 18.2 Å². The first kappa shape index (κ1) is 13.9. The van der Waals surface area contributed by atoms with Crippen molar-refractivity contribution in [3.63, 3.8) is 0 Å². The molecule has 0 saturated carbocycles. The van der Waals surface area contributed by atoms with Gasteiger partial charge in [-0.25, -0.2) is 4.52 Å². The Morgan fingerprint density at radius 2 is 1.91 bits per heavy atom. The van der Waals surface area contributed by atoms with Crippen LogP contribution < -0.4 is 14.8 Å². The molecule has 1 amide bonds. The molecule has 22 heavy (non-hydrogen) atoms. The molecule has 0 spiro atoms. The summed E-state index contributed by atoms with van der Waals surface area (Å²) < 4.78 is 12.0. The highest BCUT2D eigenvalue weighted by Crippen LogP contribution is 2.29. The summed E-state index contributed by atoms with van der Waals surface area (Å²) in [4.78, 5) is 12.3. The third-order valence-corrected chi connectivity index (χ3v) is 3.24. The number of pyridine rings is 1. The minimum absolute atomic E-state index is 0.282. The van der Waals surface area contributed by atoms with Gasteiger partial charge in [-0.15, -0.1) is 0 Å². The molecule has 112 valence electrons. The maximum atomic E-state index is 12.3. The van der Waals surface area contributed by atoms with Crippen LogP contribution >= 0.6 is 0 Å². The summed E-state index contributed by atoms with van der Waals surface area (Å²) in [6.07, 6.45) is 1.79. The first-order valence-electron chi connectivity index (χ1n) is 6.69. The molecule has 0 bridgehead atoms. The molecule has 1 aromatic carbocycles. The molecule has 0 fully saturated rings. The molecular weight excluding hydrogens is 282 g/mol. The largest absolute Gasteiger partial charge is 0.493 e. The number of methoxy groups -OCH3 is 2. The Labute approximate surface area is 127 Å². The van der Waals surface area contributed by atoms with Crippen LogP contribution in [0.1, 0.15) is 10.5 Å². The average molecular weight is 297 g/mol. The lowest BCUT2D eigenvalue weighted by atomic mass is 10.2. The Kier molecular flexibility index (Phi) is 3.65. The summed E-state index contributed by atoms with van der Waals surface area (Å²) >= 11 is 0. The third kappa shape index (κ3) is 2.58. The molecule has 0 saturated heterocycles. The Balaban J connectivity index is 1.84. The van der Waals surface area contributed by atoms with Crippen molar-refractivity contribution in [1.29, 1.82) is 0 Å². The molecule has 0 unspecified atom stereocenters. The predicted molar refractivity (Wildman–Crippen MR) is 82.7 cm³/mol. The lowest BCUT2D eigenvalue weighted by Crippen LogP contribution is -2.12. The standard InChI is InChI=1S/C16H15N3O3/c1-21-14-7-6-11(9-15(14)22-2)17-16(20)13-10-12-5-3-4-8-19(12)18-13/h3-10H,1-2H3,(H,17,20). The number of nitrogens with zero attached hydrogens (tertiary/aromatic N) is 2. The number of rotatable bonds is 4. The third-order valence-electron chi connectivity index (χ3n) is 3.24. The van der Waals surface area contributed by atoms with Crippen LogP contribution in [0.15, 0.2) is 48.7 Å². The van der Waals surface area contributed by atoms with Gasteiger partial charge in [0, 0.05) is 18.0 Å². The summed E-state index contributed by atoms with van der Waals surface area (Å²) in [7, 11) is 3.11. The molecule has 3 aromatic rings. The van der Waals surface area contributed by atoms with Gasteiger partial charge in [-0.05, 0) is 30.3 Å². The highest BCUT2D eigenvalue weighted by Gasteiger charge is 2.12. The highest BCUT2D eigenvalue weighted by atomic mass is 16.5. The summed E-state index contributed by atoms with van der Waals surface area (Å²) in [5.41, 5.74) is 1.82. The number of ether oxygens (including phenoxy) is 2. The number of carbonyl (C=O) groups is 1. The maximum absolute atomic E-state index is 12.3. The lowest BCUT2D eigenvalue weighted by molar-refractivity contribution is 0.102. The molecule has 6 heteroatoms. The van der Waals surface area contributed by atoms with Crippen LogP contribution in [0.5, 0.6) is 11.5 Å². The van der Waals surface area contributed by atoms with E-state index in [2.05, 4.69) is 10.4 Å². The molecule has 0 aliphatic carbocycles. The van der Waals surface area contributed by atoms with E-state index in [9.17, 15) is 4.79 Å². The molecule has 3 rings (SSSR count). The first-order chi connectivity index (χ1) is 10.7. The van der Waals surface area contributed by atoms with E-state index >= 15 is 0 Å². The highest BCUT2D eigenvalue weighted by molar-refractivity contribution is 6.03. The molecule has 0 aliphatic heterocycles. The molecule has 6 nitrogen and oxygen atoms in total. The second-order valence-corrected chi connectivity index (χ2v) is 4.62. The van der Waals surface area contributed by atoms with Crippen LogP contribution in [0.4, 0.5) is 5.69 Å². The number of carbonyl (C=O) groups excluding carboxylic acids is 1. The van der Waals surface area contributed by atoms with E-state index in [-0.39, 0.29) is 5.91 Å². The Hall–Kier alpha value is -3.02. The zero-order chi connectivity index (χ0) is 15.5. The fraction of sp³-hybridized carbons (Fsp3) is 0.125. The van der Waals surface area contributed by atoms with Crippen LogP contribution in [0.2, 0.25) is 0 Å². The number of amides is 1. The van der Waals surface area contributed by atoms with Crippen molar-refractivity contribution in [2.45, 2.75) is 0 Å². The van der Waals surface area contributed by atoms with Gasteiger partial charge in [-0.3, -0.25) is 4.79 Å². The Bertz CT molecular complexity index is 793. The Morgan fingerprint density at radius 3 is 2.64 bits per heavy atom. The van der Waals surface area contributed by atoms with Gasteiger partial charge in [-0.1, -0.05) is 6.07 Å². The predicted octanol–water partition coefficient (Wildman–Crippen LogP) is 2.60. The van der Waals surface area contributed by atoms with Crippen molar-refractivity contribution in [2.24, 2.45) is 0 Å². The number of fused-ring (bicyclic) bond motifs is 1. The van der Waals surface area contributed by atoms with Gasteiger partial charge in [0.15, 0.2) is 17.2 Å². The SMILES string of the molecule is COc1ccc(NC(=O)c2cc3ccccn3n2)cc1OC. The fourth-order valence-electron chi connectivity index (χ4n) is 2.16. The van der Waals surface area contributed by atoms with Crippen LogP contribution in [0.25, 0.3) is 5.52 Å². The molecule has 2 heterocycles. The van der Waals surface area contributed by atoms with Gasteiger partial charge in [-0.2, -0.15) is 5.10 Å². The zero-order valence-electron chi connectivity index (χ0n) is 12.2. The molecule has 2 aromatic heterocycles. The summed E-state index contributed by atoms with van der Waals surface area (Å²) in [5, 5.41) is 7.03. The van der Waals surface area contributed by atoms with Crippen molar-refractivity contribution in [3.05, 3.63) is 54.4 Å². The lowest BCUT2D eigenvalue weighted by Gasteiger charge is -2.09. The first-order valence-corrected chi connectivity index (χ1v) is 6.69. The van der Waals surface area contributed by atoms with Crippen LogP contribution in [0, 0.1) is 0 Å². The monoisotopic (exact) mass is 297 g/mol. The van der Waals surface area contributed by atoms with E-state index in [0.29, 0.717) is 22.9 Å². The molecular formula is C16H15N3O3. The second kappa shape index (κ2) is 5.77. The van der Waals surface area contributed by atoms with Crippen LogP contribution in [-0.4, -0.2) is 29.7 Å². The van der Waals surface area contributed by atoms with E-state index in [1.54, 1.807) is 49.2 Å². The van der Waals surface area contributed by atoms with Crippen LogP contribution in [0.3, 0.4) is 0 Å². The molecule has 1 N–H and O–H groups in total. The van der Waals surface area contributed by atoms with Gasteiger partial charge < -0.3 is 14.8 Å². The minimum atomic E-state index is -0.282. The molecule has 0 radical (unpaired) electrons. The number of anilines is 1. The van der Waals surface area contributed by atoms with Crippen molar-refractivity contribution in [1.82, 2.24) is 9.61 Å². The summed E-state index contributed by atoms with van der Waals surface area (Å²) in [5.74, 6) is 0.874. The maximum Gasteiger partial charge on any atom is 0.276 e. The topological polar surface area (TPSA) is 64.9 Å². The molecule has 0 aliphatic rings. The number of nitrogens with one attached hydrogen (secondary N) is 1. The van der Waals surface area contributed by atoms with E-state index in [0.717, 1.165) is 5.52 Å². The smallest absolute Gasteiger partial charge is 0.276 e. The number of hydrogen-bond donors (Lipinski definition) is 1. The van der Waals surface area contributed by atoms with Gasteiger partial charge in [0.2, 0.25) is 0 Å². The molecule has 0 atom stereocenters. The van der Waals surface area contributed by atoms with Gasteiger partial charge >= 0.3 is 0 Å². The van der Waals surface area contributed by atoms with E-state index in [1.165, 1.54) is 0 Å². The zero-order valence-corrected chi connectivity index (χ0v) is 12.2. The fourth-order valence-corrected chi connectivity index (χ4v) is 2.16. The van der Waals surface area contributed by atoms with E-state index in [4.69, 9.17) is 9.47 Å². The van der Waals surface area contributed by atoms with Crippen molar-refractivity contribution >= 4 is 17.1 Å². The van der Waals surface area contributed by atoms with E-state index < -0.39 is 0 Å². The normalized spacial score (nSPS) is 10.5. The van der Waals surface area contributed by atoms with Gasteiger partial charge in [0.05, 0.1) is 19.7 Å². The number of hydrogen-bond acceptors (Lipinski definition) is 4. The van der Waals surface area contributed by atoms with Crippen LogP contribution in [-0.2, 0) is 0 Å². The van der Waals surface area contributed by atoms with Crippen molar-refractivity contribution < 1.29 is 14.3 Å². The summed E-state index contributed by atoms with van der Waals surface area (Å²) in [6, 6.07) is 12.6.